The first-order valence-electron chi connectivity index (χ1n) is 9.00. The molecule has 0 unspecified atom stereocenters. The third-order valence-corrected chi connectivity index (χ3v) is 5.53. The molecule has 28 heavy (non-hydrogen) atoms. The molecule has 0 saturated carbocycles. The number of carbonyl (C=O) groups is 1. The van der Waals surface area contributed by atoms with Gasteiger partial charge >= 0.3 is 0 Å². The summed E-state index contributed by atoms with van der Waals surface area (Å²) in [4.78, 5) is 19.0. The lowest BCUT2D eigenvalue weighted by Gasteiger charge is -2.25. The van der Waals surface area contributed by atoms with Gasteiger partial charge in [0, 0.05) is 23.5 Å². The van der Waals surface area contributed by atoms with E-state index in [2.05, 4.69) is 4.98 Å². The van der Waals surface area contributed by atoms with Gasteiger partial charge < -0.3 is 14.4 Å². The van der Waals surface area contributed by atoms with E-state index in [0.29, 0.717) is 43.6 Å². The smallest absolute Gasteiger partial charge is 0.273 e. The molecular formula is C21H19ClN2O3S. The first kappa shape index (κ1) is 18.9. The number of morpholine rings is 1. The third kappa shape index (κ3) is 4.35. The fourth-order valence-corrected chi connectivity index (χ4v) is 4.02. The third-order valence-electron chi connectivity index (χ3n) is 4.42. The van der Waals surface area contributed by atoms with Crippen LogP contribution in [-0.4, -0.2) is 42.1 Å². The van der Waals surface area contributed by atoms with Gasteiger partial charge in [-0.1, -0.05) is 35.9 Å². The van der Waals surface area contributed by atoms with Crippen LogP contribution >= 0.6 is 22.9 Å². The number of carbonyl (C=O) groups excluding carboxylic acids is 1. The number of nitrogens with zero attached hydrogens (tertiary/aromatic N) is 2. The molecule has 1 amide bonds. The molecule has 1 aromatic heterocycles. The van der Waals surface area contributed by atoms with Crippen molar-refractivity contribution in [2.45, 2.75) is 6.61 Å². The summed E-state index contributed by atoms with van der Waals surface area (Å²) in [6.45, 7) is 2.75. The average Bonchev–Trinajstić information content (AvgIpc) is 3.23. The Balaban J connectivity index is 1.52. The molecule has 0 N–H and O–H groups in total. The highest BCUT2D eigenvalue weighted by atomic mass is 35.5. The van der Waals surface area contributed by atoms with E-state index < -0.39 is 0 Å². The van der Waals surface area contributed by atoms with E-state index in [9.17, 15) is 4.79 Å². The second-order valence-corrected chi connectivity index (χ2v) is 7.65. The summed E-state index contributed by atoms with van der Waals surface area (Å²) < 4.78 is 11.3. The van der Waals surface area contributed by atoms with Crippen molar-refractivity contribution in [1.29, 1.82) is 0 Å². The molecule has 2 heterocycles. The Kier molecular flexibility index (Phi) is 5.90. The second-order valence-electron chi connectivity index (χ2n) is 6.36. The molecule has 1 fully saturated rings. The quantitative estimate of drug-likeness (QED) is 0.616. The molecule has 1 aliphatic heterocycles. The van der Waals surface area contributed by atoms with Crippen LogP contribution in [0.1, 0.15) is 16.1 Å². The Morgan fingerprint density at radius 1 is 1.18 bits per heavy atom. The van der Waals surface area contributed by atoms with Gasteiger partial charge in [0.2, 0.25) is 0 Å². The summed E-state index contributed by atoms with van der Waals surface area (Å²) in [5.74, 6) is 0.672. The highest BCUT2D eigenvalue weighted by Gasteiger charge is 2.21. The van der Waals surface area contributed by atoms with Gasteiger partial charge in [0.15, 0.2) is 0 Å². The molecule has 0 radical (unpaired) electrons. The Labute approximate surface area is 172 Å². The van der Waals surface area contributed by atoms with Gasteiger partial charge in [-0.2, -0.15) is 0 Å². The van der Waals surface area contributed by atoms with Gasteiger partial charge in [-0.25, -0.2) is 4.98 Å². The minimum Gasteiger partial charge on any atom is -0.488 e. The minimum atomic E-state index is -0.0527. The Hall–Kier alpha value is -2.41. The summed E-state index contributed by atoms with van der Waals surface area (Å²) >= 11 is 7.48. The molecule has 1 saturated heterocycles. The molecule has 4 rings (SSSR count). The number of ether oxygens (including phenoxy) is 2. The summed E-state index contributed by atoms with van der Waals surface area (Å²) in [5, 5.41) is 3.25. The largest absolute Gasteiger partial charge is 0.488 e. The SMILES string of the molecule is O=C(c1csc(-c2ccccc2OCc2cccc(Cl)c2)n1)N1CCOCC1. The highest BCUT2D eigenvalue weighted by Crippen LogP contribution is 2.33. The predicted molar refractivity (Wildman–Crippen MR) is 110 cm³/mol. The molecule has 0 bridgehead atoms. The second kappa shape index (κ2) is 8.73. The lowest BCUT2D eigenvalue weighted by Crippen LogP contribution is -2.40. The van der Waals surface area contributed by atoms with Crippen molar-refractivity contribution in [2.24, 2.45) is 0 Å². The van der Waals surface area contributed by atoms with Gasteiger partial charge in [-0.3, -0.25) is 4.79 Å². The van der Waals surface area contributed by atoms with Gasteiger partial charge in [-0.05, 0) is 29.8 Å². The molecule has 0 spiro atoms. The van der Waals surface area contributed by atoms with Crippen LogP contribution < -0.4 is 4.74 Å². The number of halogens is 1. The minimum absolute atomic E-state index is 0.0527. The van der Waals surface area contributed by atoms with E-state index in [1.165, 1.54) is 11.3 Å². The fourth-order valence-electron chi connectivity index (χ4n) is 2.98. The molecule has 3 aromatic rings. The fraction of sp³-hybridized carbons (Fsp3) is 0.238. The zero-order valence-corrected chi connectivity index (χ0v) is 16.7. The Morgan fingerprint density at radius 3 is 2.82 bits per heavy atom. The lowest BCUT2D eigenvalue weighted by molar-refractivity contribution is 0.0299. The van der Waals surface area contributed by atoms with Crippen LogP contribution in [0.15, 0.2) is 53.9 Å². The van der Waals surface area contributed by atoms with Crippen LogP contribution in [0.25, 0.3) is 10.6 Å². The van der Waals surface area contributed by atoms with E-state index in [1.54, 1.807) is 10.3 Å². The maximum atomic E-state index is 12.6. The molecular weight excluding hydrogens is 396 g/mol. The maximum absolute atomic E-state index is 12.6. The van der Waals surface area contributed by atoms with Crippen LogP contribution in [0.2, 0.25) is 5.02 Å². The van der Waals surface area contributed by atoms with Crippen LogP contribution in [0, 0.1) is 0 Å². The number of benzene rings is 2. The summed E-state index contributed by atoms with van der Waals surface area (Å²) in [6, 6.07) is 15.3. The Bertz CT molecular complexity index is 970. The number of thiazole rings is 1. The Morgan fingerprint density at radius 2 is 2.00 bits per heavy atom. The van der Waals surface area contributed by atoms with Gasteiger partial charge in [0.1, 0.15) is 23.1 Å². The standard InChI is InChI=1S/C21H19ClN2O3S/c22-16-5-3-4-15(12-16)13-27-19-7-2-1-6-17(19)20-23-18(14-28-20)21(25)24-8-10-26-11-9-24/h1-7,12,14H,8-11,13H2. The van der Waals surface area contributed by atoms with E-state index in [-0.39, 0.29) is 5.91 Å². The molecule has 144 valence electrons. The first-order chi connectivity index (χ1) is 13.7. The van der Waals surface area contributed by atoms with Crippen molar-refractivity contribution in [3.63, 3.8) is 0 Å². The van der Waals surface area contributed by atoms with Gasteiger partial charge in [0.05, 0.1) is 18.8 Å². The summed E-state index contributed by atoms with van der Waals surface area (Å²) in [7, 11) is 0. The number of hydrogen-bond donors (Lipinski definition) is 0. The van der Waals surface area contributed by atoms with E-state index in [0.717, 1.165) is 21.9 Å². The molecule has 0 atom stereocenters. The number of amides is 1. The highest BCUT2D eigenvalue weighted by molar-refractivity contribution is 7.13. The monoisotopic (exact) mass is 414 g/mol. The average molecular weight is 415 g/mol. The van der Waals surface area contributed by atoms with Crippen LogP contribution in [0.4, 0.5) is 0 Å². The van der Waals surface area contributed by atoms with E-state index in [1.807, 2.05) is 48.5 Å². The predicted octanol–water partition coefficient (Wildman–Crippen LogP) is 4.51. The lowest BCUT2D eigenvalue weighted by atomic mass is 10.2. The van der Waals surface area contributed by atoms with Crippen molar-refractivity contribution in [3.8, 4) is 16.3 Å². The zero-order valence-electron chi connectivity index (χ0n) is 15.1. The van der Waals surface area contributed by atoms with Crippen molar-refractivity contribution >= 4 is 28.8 Å². The van der Waals surface area contributed by atoms with Crippen LogP contribution in [-0.2, 0) is 11.3 Å². The molecule has 7 heteroatoms. The van der Waals surface area contributed by atoms with Crippen molar-refractivity contribution < 1.29 is 14.3 Å². The van der Waals surface area contributed by atoms with Crippen molar-refractivity contribution in [2.75, 3.05) is 26.3 Å². The zero-order chi connectivity index (χ0) is 19.3. The molecule has 2 aromatic carbocycles. The number of hydrogen-bond acceptors (Lipinski definition) is 5. The van der Waals surface area contributed by atoms with Gasteiger partial charge in [-0.15, -0.1) is 11.3 Å². The number of aromatic nitrogens is 1. The number of para-hydroxylation sites is 1. The molecule has 0 aliphatic carbocycles. The van der Waals surface area contributed by atoms with Crippen LogP contribution in [0.5, 0.6) is 5.75 Å². The normalized spacial score (nSPS) is 14.1. The first-order valence-corrected chi connectivity index (χ1v) is 10.3. The molecule has 1 aliphatic rings. The van der Waals surface area contributed by atoms with Gasteiger partial charge in [0.25, 0.3) is 5.91 Å². The topological polar surface area (TPSA) is 51.7 Å². The molecule has 5 nitrogen and oxygen atoms in total. The number of rotatable bonds is 5. The summed E-state index contributed by atoms with van der Waals surface area (Å²) in [6.07, 6.45) is 0. The maximum Gasteiger partial charge on any atom is 0.273 e. The summed E-state index contributed by atoms with van der Waals surface area (Å²) in [5.41, 5.74) is 2.33. The van der Waals surface area contributed by atoms with Crippen molar-refractivity contribution in [1.82, 2.24) is 9.88 Å². The van der Waals surface area contributed by atoms with Crippen LogP contribution in [0.3, 0.4) is 0 Å². The van der Waals surface area contributed by atoms with E-state index >= 15 is 0 Å². The van der Waals surface area contributed by atoms with Crippen molar-refractivity contribution in [3.05, 3.63) is 70.2 Å². The van der Waals surface area contributed by atoms with E-state index in [4.69, 9.17) is 21.1 Å².